The third-order valence-corrected chi connectivity index (χ3v) is 12.6. The fourth-order valence-electron chi connectivity index (χ4n) is 5.86. The summed E-state index contributed by atoms with van der Waals surface area (Å²) in [5.74, 6) is -1.66. The number of aliphatic hydroxyl groups excluding tert-OH is 1. The summed E-state index contributed by atoms with van der Waals surface area (Å²) in [6.45, 7) is 22.3. The number of thioether (sulfide) groups is 2. The number of carbonyl (C=O) groups is 4. The van der Waals surface area contributed by atoms with Crippen LogP contribution in [0.2, 0.25) is 0 Å². The Labute approximate surface area is 385 Å². The highest BCUT2D eigenvalue weighted by molar-refractivity contribution is 8.00. The van der Waals surface area contributed by atoms with Gasteiger partial charge < -0.3 is 24.1 Å². The van der Waals surface area contributed by atoms with Gasteiger partial charge in [-0.2, -0.15) is 19.8 Å². The Morgan fingerprint density at radius 1 is 0.662 bits per heavy atom. The van der Waals surface area contributed by atoms with E-state index in [1.807, 2.05) is 0 Å². The van der Waals surface area contributed by atoms with Crippen molar-refractivity contribution in [3.63, 3.8) is 0 Å². The lowest BCUT2D eigenvalue weighted by atomic mass is 10.0. The molecule has 0 saturated carbocycles. The Bertz CT molecular complexity index is 2120. The molecule has 9 atom stereocenters. The van der Waals surface area contributed by atoms with Gasteiger partial charge in [0.1, 0.15) is 52.1 Å². The van der Waals surface area contributed by atoms with Gasteiger partial charge in [-0.1, -0.05) is 13.8 Å². The first-order valence-electron chi connectivity index (χ1n) is 20.3. The lowest BCUT2D eigenvalue weighted by Gasteiger charge is -2.28. The van der Waals surface area contributed by atoms with E-state index in [1.165, 1.54) is 24.5 Å². The SMILES string of the molecule is C[C@H]1[C@H](F)[C@H](n2ccc(N(C(=O)OC(C)(C)C)C(=O)OC(C)(C)C)nc2=O)S[C@@H]1CO.C[C@H]1[C@H](F)[C@H](n2ccc(N(C(=O)OC(C)(C)C)C(=O)OC(C)(C)C)nc2=O)S[C@@H]1CO[P+](=O)O. The third-order valence-electron chi connectivity index (χ3n) is 8.82. The van der Waals surface area contributed by atoms with E-state index in [9.17, 15) is 47.2 Å². The Morgan fingerprint density at radius 3 is 1.23 bits per heavy atom. The summed E-state index contributed by atoms with van der Waals surface area (Å²) < 4.78 is 68.4. The van der Waals surface area contributed by atoms with E-state index in [0.717, 1.165) is 32.7 Å². The molecule has 2 aliphatic rings. The predicted octanol–water partition coefficient (Wildman–Crippen LogP) is 7.67. The van der Waals surface area contributed by atoms with E-state index in [0.29, 0.717) is 9.80 Å². The van der Waals surface area contributed by atoms with Crippen molar-refractivity contribution in [3.05, 3.63) is 45.5 Å². The molecule has 0 radical (unpaired) electrons. The highest BCUT2D eigenvalue weighted by Crippen LogP contribution is 2.48. The number of hydrogen-bond donors (Lipinski definition) is 2. The van der Waals surface area contributed by atoms with Crippen molar-refractivity contribution in [2.45, 2.75) is 153 Å². The molecule has 2 saturated heterocycles. The zero-order valence-corrected chi connectivity index (χ0v) is 41.4. The van der Waals surface area contributed by atoms with Crippen LogP contribution >= 0.6 is 31.8 Å². The van der Waals surface area contributed by atoms with Crippen molar-refractivity contribution < 1.29 is 66.0 Å². The molecule has 65 heavy (non-hydrogen) atoms. The molecule has 364 valence electrons. The number of amides is 4. The number of aliphatic hydroxyl groups is 1. The van der Waals surface area contributed by atoms with Crippen LogP contribution in [-0.4, -0.2) is 112 Å². The normalized spacial score (nSPS) is 23.7. The van der Waals surface area contributed by atoms with Crippen LogP contribution < -0.4 is 21.2 Å². The fraction of sp³-hybridized carbons (Fsp3) is 0.700. The second kappa shape index (κ2) is 21.6. The Balaban J connectivity index is 0.000000347. The van der Waals surface area contributed by atoms with Crippen molar-refractivity contribution in [2.24, 2.45) is 11.8 Å². The van der Waals surface area contributed by atoms with Crippen molar-refractivity contribution in [1.29, 1.82) is 0 Å². The van der Waals surface area contributed by atoms with Crippen LogP contribution in [0.25, 0.3) is 0 Å². The summed E-state index contributed by atoms with van der Waals surface area (Å²) in [6.07, 6.45) is -4.66. The van der Waals surface area contributed by atoms with Crippen LogP contribution in [0.5, 0.6) is 0 Å². The predicted molar refractivity (Wildman–Crippen MR) is 239 cm³/mol. The number of halogens is 2. The molecule has 4 amide bonds. The summed E-state index contributed by atoms with van der Waals surface area (Å²) in [5, 5.41) is 6.73. The van der Waals surface area contributed by atoms with Gasteiger partial charge in [-0.3, -0.25) is 9.13 Å². The summed E-state index contributed by atoms with van der Waals surface area (Å²) in [4.78, 5) is 93.8. The van der Waals surface area contributed by atoms with E-state index in [2.05, 4.69) is 9.97 Å². The average molecular weight is 982 g/mol. The Kier molecular flexibility index (Phi) is 18.3. The molecule has 20 nitrogen and oxygen atoms in total. The summed E-state index contributed by atoms with van der Waals surface area (Å²) in [7, 11) is -2.83. The van der Waals surface area contributed by atoms with Gasteiger partial charge in [0.15, 0.2) is 11.6 Å². The van der Waals surface area contributed by atoms with Gasteiger partial charge in [0.2, 0.25) is 0 Å². The molecular formula is C40H60F2N6O14PS2+. The van der Waals surface area contributed by atoms with Crippen molar-refractivity contribution in [1.82, 2.24) is 19.1 Å². The number of nitrogens with zero attached hydrogens (tertiary/aromatic N) is 6. The molecule has 2 fully saturated rings. The zero-order chi connectivity index (χ0) is 49.7. The summed E-state index contributed by atoms with van der Waals surface area (Å²) in [6, 6.07) is 2.46. The monoisotopic (exact) mass is 981 g/mol. The molecule has 2 aliphatic heterocycles. The fourth-order valence-corrected chi connectivity index (χ4v) is 9.37. The number of alkyl halides is 2. The number of aromatic nitrogens is 4. The Morgan fingerprint density at radius 2 is 0.969 bits per heavy atom. The number of hydrogen-bond acceptors (Lipinski definition) is 17. The molecule has 4 heterocycles. The molecule has 0 aliphatic carbocycles. The molecule has 2 aromatic rings. The molecule has 0 aromatic carbocycles. The standard InChI is InChI=1S/C20H29FN3O8PS.C20H30FN3O6S/c1-11-12(10-30-33(28)29)34-15(14(11)21)23-9-8-13(22-16(23)25)24(17(26)31-19(2,3)4)18(27)32-20(5,6)7;1-11-12(10-25)31-15(14(11)21)23-9-8-13(22-16(23)26)24(17(27)29-19(2,3)4)18(28)30-20(5,6)7/h8-9,11-12,14-15H,10H2,1-7H3;8-9,11-12,14-15,25H,10H2,1-7H3/p+1/t2*11-,12-,14+,15-/m11/s1. The van der Waals surface area contributed by atoms with E-state index >= 15 is 0 Å². The maximum absolute atomic E-state index is 15.0. The van der Waals surface area contributed by atoms with Gasteiger partial charge in [-0.25, -0.2) is 37.5 Å². The minimum absolute atomic E-state index is 0.167. The van der Waals surface area contributed by atoms with Crippen molar-refractivity contribution in [2.75, 3.05) is 23.0 Å². The molecule has 0 bridgehead atoms. The van der Waals surface area contributed by atoms with Crippen LogP contribution in [0.3, 0.4) is 0 Å². The van der Waals surface area contributed by atoms with Crippen molar-refractivity contribution in [3.8, 4) is 0 Å². The molecule has 4 rings (SSSR count). The van der Waals surface area contributed by atoms with Gasteiger partial charge >= 0.3 is 44.0 Å². The van der Waals surface area contributed by atoms with E-state index in [-0.39, 0.29) is 30.1 Å². The summed E-state index contributed by atoms with van der Waals surface area (Å²) >= 11 is 2.20. The second-order valence-corrected chi connectivity index (χ2v) is 22.5. The van der Waals surface area contributed by atoms with Crippen molar-refractivity contribution >= 4 is 67.8 Å². The van der Waals surface area contributed by atoms with Gasteiger partial charge in [-0.15, -0.1) is 32.9 Å². The van der Waals surface area contributed by atoms with Crippen LogP contribution in [0.15, 0.2) is 34.1 Å². The summed E-state index contributed by atoms with van der Waals surface area (Å²) in [5.41, 5.74) is -5.47. The highest BCUT2D eigenvalue weighted by Gasteiger charge is 2.46. The quantitative estimate of drug-likeness (QED) is 0.190. The maximum atomic E-state index is 15.0. The number of imide groups is 2. The van der Waals surface area contributed by atoms with Gasteiger partial charge in [0.25, 0.3) is 0 Å². The first kappa shape index (κ1) is 55.1. The van der Waals surface area contributed by atoms with Crippen LogP contribution in [0.1, 0.15) is 108 Å². The largest absolute Gasteiger partial charge is 0.694 e. The smallest absolute Gasteiger partial charge is 0.443 e. The first-order chi connectivity index (χ1) is 29.6. The van der Waals surface area contributed by atoms with E-state index in [4.69, 9.17) is 28.4 Å². The minimum Gasteiger partial charge on any atom is -0.443 e. The number of carbonyl (C=O) groups excluding carboxylic acids is 4. The maximum Gasteiger partial charge on any atom is 0.694 e. The highest BCUT2D eigenvalue weighted by atomic mass is 32.2. The van der Waals surface area contributed by atoms with Crippen LogP contribution in [0, 0.1) is 11.8 Å². The van der Waals surface area contributed by atoms with Crippen LogP contribution in [0.4, 0.5) is 39.6 Å². The lowest BCUT2D eigenvalue weighted by molar-refractivity contribution is 0.0406. The third kappa shape index (κ3) is 15.7. The number of anilines is 2. The first-order valence-corrected chi connectivity index (χ1v) is 23.4. The van der Waals surface area contributed by atoms with Crippen LogP contribution in [-0.2, 0) is 28.0 Å². The molecule has 1 unspecified atom stereocenters. The van der Waals surface area contributed by atoms with Gasteiger partial charge in [-0.05, 0) is 95.2 Å². The Hall–Kier alpha value is -4.22. The molecule has 2 N–H and O–H groups in total. The lowest BCUT2D eigenvalue weighted by Crippen LogP contribution is -2.45. The minimum atomic E-state index is -2.83. The zero-order valence-electron chi connectivity index (χ0n) is 38.8. The van der Waals surface area contributed by atoms with Gasteiger partial charge in [0, 0.05) is 39.3 Å². The second-order valence-electron chi connectivity index (χ2n) is 19.0. The topological polar surface area (TPSA) is 248 Å². The molecule has 2 aromatic heterocycles. The number of rotatable bonds is 8. The average Bonchev–Trinajstić information content (AvgIpc) is 3.57. The molecule has 0 spiro atoms. The molecule has 25 heteroatoms. The van der Waals surface area contributed by atoms with E-state index < -0.39 is 107 Å². The molecular weight excluding hydrogens is 922 g/mol. The van der Waals surface area contributed by atoms with E-state index in [1.54, 1.807) is 96.9 Å². The van der Waals surface area contributed by atoms with Gasteiger partial charge in [0.05, 0.1) is 6.61 Å². The number of ether oxygens (including phenoxy) is 4.